The first-order valence-electron chi connectivity index (χ1n) is 9.87. The summed E-state index contributed by atoms with van der Waals surface area (Å²) in [4.78, 5) is 14.6. The highest BCUT2D eigenvalue weighted by Crippen LogP contribution is 2.13. The number of nitrogens with zero attached hydrogens (tertiary/aromatic N) is 4. The molecule has 1 aromatic heterocycles. The third-order valence-electron chi connectivity index (χ3n) is 5.19. The van der Waals surface area contributed by atoms with E-state index in [1.807, 2.05) is 40.4 Å². The maximum Gasteiger partial charge on any atom is 0.220 e. The molecule has 1 saturated heterocycles. The van der Waals surface area contributed by atoms with E-state index in [0.717, 1.165) is 42.9 Å². The van der Waals surface area contributed by atoms with Gasteiger partial charge in [0, 0.05) is 32.1 Å². The minimum Gasteiger partial charge on any atom is -0.353 e. The number of piperidine rings is 1. The number of allylic oxidation sites excluding steroid dienone is 1. The minimum absolute atomic E-state index is 0.142. The maximum atomic E-state index is 12.2. The zero-order valence-corrected chi connectivity index (χ0v) is 17.3. The van der Waals surface area contributed by atoms with Crippen molar-refractivity contribution in [1.29, 1.82) is 0 Å². The Balaban J connectivity index is 1.43. The van der Waals surface area contributed by atoms with Crippen LogP contribution >= 0.6 is 12.2 Å². The number of benzene rings is 1. The molecule has 0 atom stereocenters. The van der Waals surface area contributed by atoms with Crippen LogP contribution in [0.25, 0.3) is 0 Å². The van der Waals surface area contributed by atoms with Gasteiger partial charge in [-0.2, -0.15) is 5.10 Å². The summed E-state index contributed by atoms with van der Waals surface area (Å²) in [7, 11) is 0. The highest BCUT2D eigenvalue weighted by Gasteiger charge is 2.21. The van der Waals surface area contributed by atoms with E-state index in [-0.39, 0.29) is 11.9 Å². The molecule has 3 rings (SSSR count). The van der Waals surface area contributed by atoms with Crippen LogP contribution in [0.3, 0.4) is 0 Å². The predicted molar refractivity (Wildman–Crippen MR) is 113 cm³/mol. The van der Waals surface area contributed by atoms with Crippen LogP contribution < -0.4 is 5.32 Å². The zero-order valence-electron chi connectivity index (χ0n) is 16.5. The summed E-state index contributed by atoms with van der Waals surface area (Å²) in [6.45, 7) is 8.98. The number of likely N-dealkylation sites (tertiary alicyclic amines) is 1. The number of nitrogens with one attached hydrogen (secondary N) is 1. The molecule has 6 nitrogen and oxygen atoms in total. The number of rotatable bonds is 8. The van der Waals surface area contributed by atoms with Gasteiger partial charge in [0.25, 0.3) is 0 Å². The molecular weight excluding hydrogens is 370 g/mol. The van der Waals surface area contributed by atoms with Gasteiger partial charge in [-0.15, -0.1) is 6.58 Å². The van der Waals surface area contributed by atoms with Crippen LogP contribution in [-0.4, -0.2) is 44.3 Å². The lowest BCUT2D eigenvalue weighted by Gasteiger charge is -2.32. The fraction of sp³-hybridized carbons (Fsp3) is 0.476. The van der Waals surface area contributed by atoms with E-state index in [1.54, 1.807) is 0 Å². The molecule has 28 heavy (non-hydrogen) atoms. The highest BCUT2D eigenvalue weighted by atomic mass is 32.1. The first-order valence-corrected chi connectivity index (χ1v) is 10.3. The molecule has 0 spiro atoms. The van der Waals surface area contributed by atoms with Crippen molar-refractivity contribution in [3.8, 4) is 0 Å². The lowest BCUT2D eigenvalue weighted by Crippen LogP contribution is -2.45. The molecule has 1 N–H and O–H groups in total. The van der Waals surface area contributed by atoms with Gasteiger partial charge in [0.15, 0.2) is 4.77 Å². The fourth-order valence-corrected chi connectivity index (χ4v) is 3.90. The Morgan fingerprint density at radius 1 is 1.32 bits per heavy atom. The molecule has 0 aliphatic carbocycles. The smallest absolute Gasteiger partial charge is 0.220 e. The number of aryl methyl sites for hydroxylation is 2. The number of carbonyl (C=O) groups excluding carboxylic acids is 1. The Bertz CT molecular complexity index is 849. The summed E-state index contributed by atoms with van der Waals surface area (Å²) in [5, 5.41) is 7.75. The molecule has 0 radical (unpaired) electrons. The normalized spacial score (nSPS) is 15.5. The standard InChI is InChI=1S/C21H29N5OS/c1-3-13-25-17(2)23-26(21(25)28)16-24-14-11-19(12-15-24)22-20(27)10-9-18-7-5-4-6-8-18/h3-8,19H,1,9-16H2,2H3,(H,22,27). The van der Waals surface area contributed by atoms with Gasteiger partial charge in [-0.3, -0.25) is 9.69 Å². The first kappa shape index (κ1) is 20.5. The van der Waals surface area contributed by atoms with Crippen molar-refractivity contribution in [1.82, 2.24) is 24.6 Å². The van der Waals surface area contributed by atoms with Gasteiger partial charge in [-0.1, -0.05) is 36.4 Å². The molecule has 7 heteroatoms. The fourth-order valence-electron chi connectivity index (χ4n) is 3.59. The Kier molecular flexibility index (Phi) is 7.17. The molecule has 1 aliphatic heterocycles. The van der Waals surface area contributed by atoms with Gasteiger partial charge in [-0.05, 0) is 44.0 Å². The quantitative estimate of drug-likeness (QED) is 0.547. The molecule has 1 aromatic carbocycles. The average molecular weight is 400 g/mol. The number of aromatic nitrogens is 3. The summed E-state index contributed by atoms with van der Waals surface area (Å²) < 4.78 is 4.60. The highest BCUT2D eigenvalue weighted by molar-refractivity contribution is 7.71. The van der Waals surface area contributed by atoms with Gasteiger partial charge < -0.3 is 9.88 Å². The molecule has 1 aliphatic rings. The number of hydrogen-bond acceptors (Lipinski definition) is 4. The predicted octanol–water partition coefficient (Wildman–Crippen LogP) is 3.08. The molecule has 150 valence electrons. The van der Waals surface area contributed by atoms with Crippen molar-refractivity contribution >= 4 is 18.1 Å². The van der Waals surface area contributed by atoms with E-state index >= 15 is 0 Å². The summed E-state index contributed by atoms with van der Waals surface area (Å²) in [6, 6.07) is 10.4. The lowest BCUT2D eigenvalue weighted by atomic mass is 10.0. The number of carbonyl (C=O) groups is 1. The minimum atomic E-state index is 0.142. The van der Waals surface area contributed by atoms with Crippen molar-refractivity contribution in [3.05, 3.63) is 59.1 Å². The lowest BCUT2D eigenvalue weighted by molar-refractivity contribution is -0.122. The Hall–Kier alpha value is -2.25. The number of hydrogen-bond donors (Lipinski definition) is 1. The third-order valence-corrected chi connectivity index (χ3v) is 5.62. The van der Waals surface area contributed by atoms with Crippen molar-refractivity contribution in [2.24, 2.45) is 0 Å². The monoisotopic (exact) mass is 399 g/mol. The topological polar surface area (TPSA) is 55.1 Å². The molecule has 1 amide bonds. The van der Waals surface area contributed by atoms with Crippen molar-refractivity contribution in [2.45, 2.75) is 51.9 Å². The van der Waals surface area contributed by atoms with Crippen LogP contribution in [0.5, 0.6) is 0 Å². The van der Waals surface area contributed by atoms with Gasteiger partial charge in [-0.25, -0.2) is 4.68 Å². The molecule has 0 saturated carbocycles. The summed E-state index contributed by atoms with van der Waals surface area (Å²) in [5.41, 5.74) is 1.20. The van der Waals surface area contributed by atoms with Crippen LogP contribution in [-0.2, 0) is 24.4 Å². The molecule has 2 aromatic rings. The zero-order chi connectivity index (χ0) is 19.9. The largest absolute Gasteiger partial charge is 0.353 e. The summed E-state index contributed by atoms with van der Waals surface area (Å²) >= 11 is 5.53. The van der Waals surface area contributed by atoms with Gasteiger partial charge in [0.1, 0.15) is 5.82 Å². The van der Waals surface area contributed by atoms with E-state index in [4.69, 9.17) is 12.2 Å². The van der Waals surface area contributed by atoms with Crippen LogP contribution in [0, 0.1) is 11.7 Å². The van der Waals surface area contributed by atoms with E-state index in [0.29, 0.717) is 19.6 Å². The molecule has 2 heterocycles. The Labute approximate surface area is 171 Å². The Morgan fingerprint density at radius 3 is 2.71 bits per heavy atom. The Morgan fingerprint density at radius 2 is 2.04 bits per heavy atom. The summed E-state index contributed by atoms with van der Waals surface area (Å²) in [6.07, 6.45) is 5.07. The SMILES string of the molecule is C=CCn1c(C)nn(CN2CCC(NC(=O)CCc3ccccc3)CC2)c1=S. The van der Waals surface area contributed by atoms with Crippen molar-refractivity contribution in [3.63, 3.8) is 0 Å². The van der Waals surface area contributed by atoms with E-state index in [2.05, 4.69) is 34.0 Å². The van der Waals surface area contributed by atoms with Crippen LogP contribution in [0.2, 0.25) is 0 Å². The van der Waals surface area contributed by atoms with Crippen molar-refractivity contribution < 1.29 is 4.79 Å². The van der Waals surface area contributed by atoms with E-state index < -0.39 is 0 Å². The van der Waals surface area contributed by atoms with Crippen LogP contribution in [0.4, 0.5) is 0 Å². The molecule has 0 bridgehead atoms. The van der Waals surface area contributed by atoms with Crippen LogP contribution in [0.1, 0.15) is 30.7 Å². The van der Waals surface area contributed by atoms with Gasteiger partial charge >= 0.3 is 0 Å². The van der Waals surface area contributed by atoms with Gasteiger partial charge in [0.05, 0.1) is 6.67 Å². The maximum absolute atomic E-state index is 12.2. The molecule has 0 unspecified atom stereocenters. The van der Waals surface area contributed by atoms with Crippen LogP contribution in [0.15, 0.2) is 43.0 Å². The van der Waals surface area contributed by atoms with E-state index in [9.17, 15) is 4.79 Å². The second-order valence-electron chi connectivity index (χ2n) is 7.32. The number of amides is 1. The summed E-state index contributed by atoms with van der Waals surface area (Å²) in [5.74, 6) is 1.05. The average Bonchev–Trinajstić information content (AvgIpc) is 2.96. The van der Waals surface area contributed by atoms with Crippen molar-refractivity contribution in [2.75, 3.05) is 13.1 Å². The molecule has 1 fully saturated rings. The third kappa shape index (κ3) is 5.39. The van der Waals surface area contributed by atoms with Gasteiger partial charge in [0.2, 0.25) is 5.91 Å². The molecular formula is C21H29N5OS. The first-order chi connectivity index (χ1) is 13.6. The van der Waals surface area contributed by atoms with E-state index in [1.165, 1.54) is 5.56 Å². The second-order valence-corrected chi connectivity index (χ2v) is 7.68. The second kappa shape index (κ2) is 9.80.